The number of aromatic nitrogens is 1. The first-order chi connectivity index (χ1) is 10.8. The van der Waals surface area contributed by atoms with E-state index in [1.807, 2.05) is 6.92 Å². The molecule has 0 bridgehead atoms. The maximum atomic E-state index is 12.9. The molecule has 1 atom stereocenters. The summed E-state index contributed by atoms with van der Waals surface area (Å²) in [7, 11) is 0. The number of hydrogen-bond donors (Lipinski definition) is 2. The van der Waals surface area contributed by atoms with Gasteiger partial charge in [0.15, 0.2) is 5.78 Å². The van der Waals surface area contributed by atoms with Gasteiger partial charge in [-0.25, -0.2) is 0 Å². The number of aromatic amines is 1. The lowest BCUT2D eigenvalue weighted by atomic mass is 10.0. The highest BCUT2D eigenvalue weighted by molar-refractivity contribution is 6.03. The van der Waals surface area contributed by atoms with E-state index in [0.717, 1.165) is 18.4 Å². The summed E-state index contributed by atoms with van der Waals surface area (Å²) in [5.41, 5.74) is 2.44. The Bertz CT molecular complexity index is 643. The smallest absolute Gasteiger partial charge is 0.308 e. The van der Waals surface area contributed by atoms with Crippen LogP contribution in [-0.4, -0.2) is 45.2 Å². The molecule has 1 aromatic heterocycles. The third-order valence-corrected chi connectivity index (χ3v) is 4.35. The monoisotopic (exact) mass is 320 g/mol. The minimum atomic E-state index is -0.911. The maximum Gasteiger partial charge on any atom is 0.308 e. The Kier molecular flexibility index (Phi) is 4.92. The van der Waals surface area contributed by atoms with E-state index in [0.29, 0.717) is 23.4 Å². The summed E-state index contributed by atoms with van der Waals surface area (Å²) in [5.74, 6) is -1.79. The number of carboxylic acid groups (broad SMARTS) is 1. The van der Waals surface area contributed by atoms with Crippen molar-refractivity contribution in [1.82, 2.24) is 9.88 Å². The zero-order valence-electron chi connectivity index (χ0n) is 14.1. The van der Waals surface area contributed by atoms with Gasteiger partial charge in [0.25, 0.3) is 5.91 Å². The number of carboxylic acids is 1. The molecule has 0 aliphatic heterocycles. The number of H-pyrrole nitrogens is 1. The topological polar surface area (TPSA) is 90.5 Å². The van der Waals surface area contributed by atoms with Gasteiger partial charge in [0.2, 0.25) is 0 Å². The first-order valence-electron chi connectivity index (χ1n) is 8.04. The average molecular weight is 320 g/mol. The summed E-state index contributed by atoms with van der Waals surface area (Å²) in [6.07, 6.45) is 2.38. The minimum Gasteiger partial charge on any atom is -0.481 e. The van der Waals surface area contributed by atoms with Crippen molar-refractivity contribution >= 4 is 17.7 Å². The Hall–Kier alpha value is -2.11. The zero-order chi connectivity index (χ0) is 17.3. The van der Waals surface area contributed by atoms with Crippen LogP contribution in [0.2, 0.25) is 0 Å². The Balaban J connectivity index is 2.35. The molecular formula is C17H24N2O4. The molecule has 2 N–H and O–H groups in total. The van der Waals surface area contributed by atoms with Crippen LogP contribution in [0.5, 0.6) is 0 Å². The van der Waals surface area contributed by atoms with E-state index in [4.69, 9.17) is 5.11 Å². The fourth-order valence-corrected chi connectivity index (χ4v) is 2.99. The van der Waals surface area contributed by atoms with Gasteiger partial charge in [-0.05, 0) is 38.7 Å². The minimum absolute atomic E-state index is 0.0634. The molecule has 6 heteroatoms. The van der Waals surface area contributed by atoms with Gasteiger partial charge in [0.05, 0.1) is 5.92 Å². The fourth-order valence-electron chi connectivity index (χ4n) is 2.99. The van der Waals surface area contributed by atoms with Crippen molar-refractivity contribution in [2.75, 3.05) is 6.54 Å². The Morgan fingerprint density at radius 1 is 1.35 bits per heavy atom. The summed E-state index contributed by atoms with van der Waals surface area (Å²) in [5, 5.41) is 9.12. The van der Waals surface area contributed by atoms with Gasteiger partial charge in [-0.15, -0.1) is 0 Å². The molecule has 1 fully saturated rings. The summed E-state index contributed by atoms with van der Waals surface area (Å²) in [6.45, 7) is 6.98. The molecule has 23 heavy (non-hydrogen) atoms. The van der Waals surface area contributed by atoms with Crippen LogP contribution in [0.15, 0.2) is 0 Å². The molecule has 0 radical (unpaired) electrons. The number of amides is 1. The van der Waals surface area contributed by atoms with Crippen molar-refractivity contribution in [3.63, 3.8) is 0 Å². The molecular weight excluding hydrogens is 296 g/mol. The number of nitrogens with zero attached hydrogens (tertiary/aromatic N) is 1. The highest BCUT2D eigenvalue weighted by Gasteiger charge is 2.36. The second-order valence-corrected chi connectivity index (χ2v) is 6.32. The molecule has 0 aromatic carbocycles. The molecule has 1 aliphatic carbocycles. The quantitative estimate of drug-likeness (QED) is 0.755. The Morgan fingerprint density at radius 3 is 2.39 bits per heavy atom. The largest absolute Gasteiger partial charge is 0.481 e. The highest BCUT2D eigenvalue weighted by Crippen LogP contribution is 2.31. The van der Waals surface area contributed by atoms with Crippen LogP contribution >= 0.6 is 0 Å². The van der Waals surface area contributed by atoms with Gasteiger partial charge in [-0.2, -0.15) is 0 Å². The van der Waals surface area contributed by atoms with E-state index < -0.39 is 11.9 Å². The molecule has 0 spiro atoms. The van der Waals surface area contributed by atoms with Crippen molar-refractivity contribution in [3.8, 4) is 0 Å². The van der Waals surface area contributed by atoms with Crippen molar-refractivity contribution in [2.45, 2.75) is 53.0 Å². The Labute approximate surface area is 135 Å². The van der Waals surface area contributed by atoms with E-state index in [9.17, 15) is 14.4 Å². The standard InChI is InChI=1S/C17H24N2O4/c1-5-13-14(11(4)20)10(3)18-15(13)16(21)19(12-6-7-12)8-9(2)17(22)23/h9,12,18H,5-8H2,1-4H3,(H,22,23). The lowest BCUT2D eigenvalue weighted by Gasteiger charge is -2.24. The molecule has 1 aromatic rings. The molecule has 2 rings (SSSR count). The third kappa shape index (κ3) is 3.46. The second kappa shape index (κ2) is 6.56. The predicted molar refractivity (Wildman–Crippen MR) is 85.8 cm³/mol. The van der Waals surface area contributed by atoms with Crippen LogP contribution in [0.4, 0.5) is 0 Å². The van der Waals surface area contributed by atoms with Crippen LogP contribution in [0.25, 0.3) is 0 Å². The molecule has 1 unspecified atom stereocenters. The maximum absolute atomic E-state index is 12.9. The third-order valence-electron chi connectivity index (χ3n) is 4.35. The number of aliphatic carboxylic acids is 1. The van der Waals surface area contributed by atoms with Gasteiger partial charge in [0.1, 0.15) is 5.69 Å². The lowest BCUT2D eigenvalue weighted by molar-refractivity contribution is -0.141. The first kappa shape index (κ1) is 17.2. The number of aryl methyl sites for hydroxylation is 1. The zero-order valence-corrected chi connectivity index (χ0v) is 14.1. The number of Topliss-reactive ketones (excluding diaryl/α,β-unsaturated/α-hetero) is 1. The van der Waals surface area contributed by atoms with Gasteiger partial charge >= 0.3 is 5.97 Å². The first-order valence-corrected chi connectivity index (χ1v) is 8.04. The van der Waals surface area contributed by atoms with Gasteiger partial charge < -0.3 is 15.0 Å². The highest BCUT2D eigenvalue weighted by atomic mass is 16.4. The lowest BCUT2D eigenvalue weighted by Crippen LogP contribution is -2.39. The normalized spacial score (nSPS) is 15.3. The number of nitrogens with one attached hydrogen (secondary N) is 1. The van der Waals surface area contributed by atoms with Crippen LogP contribution in [0.1, 0.15) is 65.7 Å². The molecule has 1 saturated carbocycles. The number of carbonyl (C=O) groups is 3. The van der Waals surface area contributed by atoms with E-state index in [1.54, 1.807) is 18.7 Å². The van der Waals surface area contributed by atoms with Crippen LogP contribution in [0.3, 0.4) is 0 Å². The van der Waals surface area contributed by atoms with Gasteiger partial charge in [-0.1, -0.05) is 13.8 Å². The average Bonchev–Trinajstić information content (AvgIpc) is 3.25. The number of hydrogen-bond acceptors (Lipinski definition) is 3. The van der Waals surface area contributed by atoms with Crippen LogP contribution in [0, 0.1) is 12.8 Å². The summed E-state index contributed by atoms with van der Waals surface area (Å²) in [4.78, 5) is 40.6. The second-order valence-electron chi connectivity index (χ2n) is 6.32. The number of rotatable bonds is 7. The molecule has 1 aliphatic rings. The summed E-state index contributed by atoms with van der Waals surface area (Å²) >= 11 is 0. The molecule has 1 amide bonds. The fraction of sp³-hybridized carbons (Fsp3) is 0.588. The predicted octanol–water partition coefficient (Wildman–Crippen LogP) is 2.41. The van der Waals surface area contributed by atoms with E-state index >= 15 is 0 Å². The van der Waals surface area contributed by atoms with E-state index in [1.165, 1.54) is 6.92 Å². The molecule has 126 valence electrons. The van der Waals surface area contributed by atoms with E-state index in [-0.39, 0.29) is 24.3 Å². The molecule has 6 nitrogen and oxygen atoms in total. The molecule has 0 saturated heterocycles. The van der Waals surface area contributed by atoms with Crippen molar-refractivity contribution < 1.29 is 19.5 Å². The Morgan fingerprint density at radius 2 is 1.96 bits per heavy atom. The SMILES string of the molecule is CCc1c(C(=O)N(CC(C)C(=O)O)C2CC2)[nH]c(C)c1C(C)=O. The van der Waals surface area contributed by atoms with Crippen LogP contribution in [-0.2, 0) is 11.2 Å². The van der Waals surface area contributed by atoms with Crippen LogP contribution < -0.4 is 0 Å². The number of carbonyl (C=O) groups excluding carboxylic acids is 2. The van der Waals surface area contributed by atoms with Gasteiger partial charge in [0, 0.05) is 23.8 Å². The molecule has 1 heterocycles. The van der Waals surface area contributed by atoms with E-state index in [2.05, 4.69) is 4.98 Å². The summed E-state index contributed by atoms with van der Waals surface area (Å²) < 4.78 is 0. The van der Waals surface area contributed by atoms with Crippen molar-refractivity contribution in [1.29, 1.82) is 0 Å². The van der Waals surface area contributed by atoms with Gasteiger partial charge in [-0.3, -0.25) is 14.4 Å². The number of ketones is 1. The van der Waals surface area contributed by atoms with Crippen molar-refractivity contribution in [3.05, 3.63) is 22.5 Å². The van der Waals surface area contributed by atoms with Crippen molar-refractivity contribution in [2.24, 2.45) is 5.92 Å². The summed E-state index contributed by atoms with van der Waals surface area (Å²) in [6, 6.07) is 0.110.